The summed E-state index contributed by atoms with van der Waals surface area (Å²) in [5.41, 5.74) is 0.169. The smallest absolute Gasteiger partial charge is 0.346 e. The van der Waals surface area contributed by atoms with E-state index in [1.54, 1.807) is 30.3 Å². The number of nitrogens with one attached hydrogen (secondary N) is 1. The molecule has 1 atom stereocenters. The number of hydrogen-bond donors (Lipinski definition) is 1. The fourth-order valence-electron chi connectivity index (χ4n) is 3.15. The van der Waals surface area contributed by atoms with Gasteiger partial charge in [0.1, 0.15) is 11.6 Å². The van der Waals surface area contributed by atoms with Crippen molar-refractivity contribution in [1.82, 2.24) is 10.3 Å². The zero-order valence-corrected chi connectivity index (χ0v) is 16.1. The van der Waals surface area contributed by atoms with E-state index in [4.69, 9.17) is 14.7 Å². The molecule has 0 bridgehead atoms. The zero-order valence-electron chi connectivity index (χ0n) is 16.1. The Bertz CT molecular complexity index is 984. The standard InChI is InChI=1S/C21H20N4O4/c1-3-21(16-7-5-4-6-8-16)19(26)25(20(27)24-21)23-14-15-9-10-17(29-12-11-22)18(13-15)28-2/h4-10,13-14H,3,12H2,1-2H3,(H,24,27)/b23-14-/t21-/m1/s1. The van der Waals surface area contributed by atoms with Crippen molar-refractivity contribution in [2.75, 3.05) is 13.7 Å². The summed E-state index contributed by atoms with van der Waals surface area (Å²) in [7, 11) is 1.47. The lowest BCUT2D eigenvalue weighted by molar-refractivity contribution is -0.131. The maximum absolute atomic E-state index is 13.0. The van der Waals surface area contributed by atoms with Gasteiger partial charge < -0.3 is 14.8 Å². The number of nitrogens with zero attached hydrogens (tertiary/aromatic N) is 3. The van der Waals surface area contributed by atoms with Gasteiger partial charge in [-0.1, -0.05) is 37.3 Å². The van der Waals surface area contributed by atoms with Gasteiger partial charge in [0.2, 0.25) is 0 Å². The third-order valence-electron chi connectivity index (χ3n) is 4.67. The summed E-state index contributed by atoms with van der Waals surface area (Å²) in [4.78, 5) is 25.5. The Balaban J connectivity index is 1.85. The highest BCUT2D eigenvalue weighted by molar-refractivity contribution is 6.07. The fourth-order valence-corrected chi connectivity index (χ4v) is 3.15. The summed E-state index contributed by atoms with van der Waals surface area (Å²) in [5.74, 6) is 0.386. The number of rotatable bonds is 7. The Labute approximate surface area is 168 Å². The van der Waals surface area contributed by atoms with Gasteiger partial charge >= 0.3 is 6.03 Å². The van der Waals surface area contributed by atoms with E-state index in [1.165, 1.54) is 13.3 Å². The number of amides is 3. The van der Waals surface area contributed by atoms with Crippen LogP contribution in [0.3, 0.4) is 0 Å². The number of hydrogen-bond acceptors (Lipinski definition) is 6. The molecule has 1 aliphatic rings. The van der Waals surface area contributed by atoms with Crippen LogP contribution in [0.15, 0.2) is 53.6 Å². The van der Waals surface area contributed by atoms with E-state index < -0.39 is 17.5 Å². The molecule has 0 aromatic heterocycles. The first kappa shape index (κ1) is 19.9. The number of benzene rings is 2. The lowest BCUT2D eigenvalue weighted by Crippen LogP contribution is -2.43. The van der Waals surface area contributed by atoms with Gasteiger partial charge in [-0.15, -0.1) is 5.01 Å². The van der Waals surface area contributed by atoms with Crippen molar-refractivity contribution in [3.8, 4) is 17.6 Å². The molecule has 2 aromatic rings. The van der Waals surface area contributed by atoms with E-state index in [0.29, 0.717) is 29.0 Å². The van der Waals surface area contributed by atoms with Crippen LogP contribution in [-0.4, -0.2) is 36.9 Å². The monoisotopic (exact) mass is 392 g/mol. The molecule has 0 saturated carbocycles. The minimum atomic E-state index is -1.14. The summed E-state index contributed by atoms with van der Waals surface area (Å²) in [6.45, 7) is 1.73. The minimum absolute atomic E-state index is 0.106. The highest BCUT2D eigenvalue weighted by Gasteiger charge is 2.51. The molecule has 0 radical (unpaired) electrons. The van der Waals surface area contributed by atoms with Gasteiger partial charge in [-0.25, -0.2) is 4.79 Å². The topological polar surface area (TPSA) is 104 Å². The summed E-state index contributed by atoms with van der Waals surface area (Å²) in [5, 5.41) is 16.3. The highest BCUT2D eigenvalue weighted by Crippen LogP contribution is 2.32. The van der Waals surface area contributed by atoms with Crippen LogP contribution in [0.1, 0.15) is 24.5 Å². The number of nitriles is 1. The first-order valence-corrected chi connectivity index (χ1v) is 8.99. The predicted octanol–water partition coefficient (Wildman–Crippen LogP) is 2.79. The molecule has 2 aromatic carbocycles. The molecule has 148 valence electrons. The molecule has 3 amide bonds. The molecule has 8 heteroatoms. The van der Waals surface area contributed by atoms with Gasteiger partial charge in [-0.05, 0) is 35.7 Å². The number of ether oxygens (including phenoxy) is 2. The maximum Gasteiger partial charge on any atom is 0.346 e. The molecule has 1 N–H and O–H groups in total. The van der Waals surface area contributed by atoms with Crippen LogP contribution >= 0.6 is 0 Å². The molecule has 29 heavy (non-hydrogen) atoms. The molecule has 1 heterocycles. The molecular weight excluding hydrogens is 372 g/mol. The molecule has 0 unspecified atom stereocenters. The summed E-state index contributed by atoms with van der Waals surface area (Å²) in [6, 6.07) is 15.3. The zero-order chi connectivity index (χ0) is 20.9. The van der Waals surface area contributed by atoms with Crippen LogP contribution in [-0.2, 0) is 10.3 Å². The second-order valence-corrected chi connectivity index (χ2v) is 6.27. The molecule has 8 nitrogen and oxygen atoms in total. The number of hydrazone groups is 1. The van der Waals surface area contributed by atoms with Crippen LogP contribution in [0.2, 0.25) is 0 Å². The first-order chi connectivity index (χ1) is 14.1. The third-order valence-corrected chi connectivity index (χ3v) is 4.67. The van der Waals surface area contributed by atoms with E-state index in [0.717, 1.165) is 5.01 Å². The van der Waals surface area contributed by atoms with Crippen molar-refractivity contribution in [2.45, 2.75) is 18.9 Å². The molecule has 1 aliphatic heterocycles. The van der Waals surface area contributed by atoms with Crippen LogP contribution in [0.25, 0.3) is 0 Å². The maximum atomic E-state index is 13.0. The highest BCUT2D eigenvalue weighted by atomic mass is 16.5. The second kappa shape index (κ2) is 8.44. The van der Waals surface area contributed by atoms with E-state index in [9.17, 15) is 9.59 Å². The Morgan fingerprint density at radius 1 is 1.21 bits per heavy atom. The van der Waals surface area contributed by atoms with Gasteiger partial charge in [-0.3, -0.25) is 4.79 Å². The number of carbonyl (C=O) groups is 2. The lowest BCUT2D eigenvalue weighted by Gasteiger charge is -2.24. The number of imide groups is 1. The molecule has 1 saturated heterocycles. The molecule has 0 spiro atoms. The van der Waals surface area contributed by atoms with Crippen molar-refractivity contribution >= 4 is 18.2 Å². The molecule has 3 rings (SSSR count). The Morgan fingerprint density at radius 3 is 2.62 bits per heavy atom. The fraction of sp³-hybridized carbons (Fsp3) is 0.238. The SMILES string of the molecule is CC[C@]1(c2ccccc2)NC(=O)N(/N=C\c2ccc(OCC#N)c(OC)c2)C1=O. The quantitative estimate of drug-likeness (QED) is 0.576. The molecule has 0 aliphatic carbocycles. The number of methoxy groups -OCH3 is 1. The van der Waals surface area contributed by atoms with Crippen molar-refractivity contribution in [2.24, 2.45) is 5.10 Å². The van der Waals surface area contributed by atoms with E-state index >= 15 is 0 Å². The number of carbonyl (C=O) groups excluding carboxylic acids is 2. The predicted molar refractivity (Wildman–Crippen MR) is 105 cm³/mol. The average Bonchev–Trinajstić information content (AvgIpc) is 3.01. The van der Waals surface area contributed by atoms with Crippen molar-refractivity contribution in [1.29, 1.82) is 5.26 Å². The molecule has 1 fully saturated rings. The van der Waals surface area contributed by atoms with E-state index in [2.05, 4.69) is 10.4 Å². The van der Waals surface area contributed by atoms with Crippen molar-refractivity contribution in [3.05, 3.63) is 59.7 Å². The van der Waals surface area contributed by atoms with Gasteiger partial charge in [0.15, 0.2) is 18.1 Å². The minimum Gasteiger partial charge on any atom is -0.493 e. The molecular formula is C21H20N4O4. The lowest BCUT2D eigenvalue weighted by atomic mass is 9.87. The summed E-state index contributed by atoms with van der Waals surface area (Å²) < 4.78 is 10.5. The van der Waals surface area contributed by atoms with Gasteiger partial charge in [0.05, 0.1) is 13.3 Å². The Kier molecular flexibility index (Phi) is 5.79. The van der Waals surface area contributed by atoms with Gasteiger partial charge in [0.25, 0.3) is 5.91 Å². The normalized spacial score (nSPS) is 18.6. The van der Waals surface area contributed by atoms with Crippen molar-refractivity contribution in [3.63, 3.8) is 0 Å². The summed E-state index contributed by atoms with van der Waals surface area (Å²) >= 11 is 0. The van der Waals surface area contributed by atoms with Gasteiger partial charge in [-0.2, -0.15) is 10.4 Å². The average molecular weight is 392 g/mol. The second-order valence-electron chi connectivity index (χ2n) is 6.27. The van der Waals surface area contributed by atoms with Crippen LogP contribution in [0.4, 0.5) is 4.79 Å². The Morgan fingerprint density at radius 2 is 1.97 bits per heavy atom. The Hall–Kier alpha value is -3.86. The van der Waals surface area contributed by atoms with E-state index in [1.807, 2.05) is 31.2 Å². The number of urea groups is 1. The van der Waals surface area contributed by atoms with Gasteiger partial charge in [0, 0.05) is 0 Å². The summed E-state index contributed by atoms with van der Waals surface area (Å²) in [6.07, 6.45) is 1.79. The van der Waals surface area contributed by atoms with Crippen molar-refractivity contribution < 1.29 is 19.1 Å². The van der Waals surface area contributed by atoms with E-state index in [-0.39, 0.29) is 6.61 Å². The van der Waals surface area contributed by atoms with Crippen LogP contribution in [0.5, 0.6) is 11.5 Å². The van der Waals surface area contributed by atoms with Crippen LogP contribution in [0, 0.1) is 11.3 Å². The largest absolute Gasteiger partial charge is 0.493 e. The first-order valence-electron chi connectivity index (χ1n) is 8.99. The third kappa shape index (κ3) is 3.75. The van der Waals surface area contributed by atoms with Crippen LogP contribution < -0.4 is 14.8 Å².